The second kappa shape index (κ2) is 7.01. The summed E-state index contributed by atoms with van der Waals surface area (Å²) in [6.45, 7) is 0.0161. The highest BCUT2D eigenvalue weighted by atomic mass is 35.5. The van der Waals surface area contributed by atoms with Crippen molar-refractivity contribution >= 4 is 23.3 Å². The molecule has 0 fully saturated rings. The number of carbonyl (C=O) groups excluding carboxylic acids is 1. The molecule has 2 rings (SSSR count). The van der Waals surface area contributed by atoms with E-state index in [0.717, 1.165) is 0 Å². The van der Waals surface area contributed by atoms with Gasteiger partial charge in [-0.25, -0.2) is 4.79 Å². The standard InChI is InChI=1S/C14H15ClN2O4/c1-20-12-5-4-9(15)7-10(12)17-14(19)16-8-11(18)13-3-2-6-21-13/h2-7,11,18H,8H2,1H3,(H2,16,17,19). The molecule has 2 amide bonds. The third kappa shape index (κ3) is 4.14. The van der Waals surface area contributed by atoms with Crippen LogP contribution in [0, 0.1) is 0 Å². The molecular formula is C14H15ClN2O4. The van der Waals surface area contributed by atoms with Crippen LogP contribution in [-0.2, 0) is 0 Å². The lowest BCUT2D eigenvalue weighted by Crippen LogP contribution is -2.32. The van der Waals surface area contributed by atoms with Gasteiger partial charge in [0, 0.05) is 5.02 Å². The summed E-state index contributed by atoms with van der Waals surface area (Å²) in [6, 6.07) is 7.68. The van der Waals surface area contributed by atoms with Crippen LogP contribution in [0.25, 0.3) is 0 Å². The van der Waals surface area contributed by atoms with E-state index in [1.807, 2.05) is 0 Å². The SMILES string of the molecule is COc1ccc(Cl)cc1NC(=O)NCC(O)c1ccco1. The predicted molar refractivity (Wildman–Crippen MR) is 78.7 cm³/mol. The molecule has 0 saturated heterocycles. The molecule has 0 saturated carbocycles. The van der Waals surface area contributed by atoms with Crippen LogP contribution in [0.4, 0.5) is 10.5 Å². The fourth-order valence-electron chi connectivity index (χ4n) is 1.72. The molecule has 21 heavy (non-hydrogen) atoms. The number of ether oxygens (including phenoxy) is 1. The van der Waals surface area contributed by atoms with E-state index in [1.165, 1.54) is 13.4 Å². The zero-order chi connectivity index (χ0) is 15.2. The van der Waals surface area contributed by atoms with E-state index in [2.05, 4.69) is 10.6 Å². The highest BCUT2D eigenvalue weighted by Gasteiger charge is 2.13. The van der Waals surface area contributed by atoms with E-state index in [-0.39, 0.29) is 6.54 Å². The Labute approximate surface area is 126 Å². The highest BCUT2D eigenvalue weighted by molar-refractivity contribution is 6.31. The molecule has 0 radical (unpaired) electrons. The molecule has 0 bridgehead atoms. The first-order valence-corrected chi connectivity index (χ1v) is 6.58. The number of benzene rings is 1. The van der Waals surface area contributed by atoms with Crippen LogP contribution in [0.5, 0.6) is 5.75 Å². The van der Waals surface area contributed by atoms with Crippen LogP contribution in [0.1, 0.15) is 11.9 Å². The van der Waals surface area contributed by atoms with Crippen molar-refractivity contribution in [3.05, 3.63) is 47.4 Å². The number of aliphatic hydroxyl groups excluding tert-OH is 1. The maximum atomic E-state index is 11.8. The second-order valence-corrected chi connectivity index (χ2v) is 4.65. The van der Waals surface area contributed by atoms with Crippen molar-refractivity contribution in [3.63, 3.8) is 0 Å². The van der Waals surface area contributed by atoms with E-state index in [4.69, 9.17) is 20.8 Å². The highest BCUT2D eigenvalue weighted by Crippen LogP contribution is 2.27. The minimum absolute atomic E-state index is 0.0161. The number of amides is 2. The Morgan fingerprint density at radius 3 is 2.95 bits per heavy atom. The third-order valence-corrected chi connectivity index (χ3v) is 2.97. The van der Waals surface area contributed by atoms with Gasteiger partial charge in [-0.1, -0.05) is 11.6 Å². The van der Waals surface area contributed by atoms with Crippen molar-refractivity contribution in [2.45, 2.75) is 6.10 Å². The summed E-state index contributed by atoms with van der Waals surface area (Å²) < 4.78 is 10.2. The Bertz CT molecular complexity index is 601. The topological polar surface area (TPSA) is 83.7 Å². The summed E-state index contributed by atoms with van der Waals surface area (Å²) in [4.78, 5) is 11.8. The molecular weight excluding hydrogens is 296 g/mol. The van der Waals surface area contributed by atoms with E-state index in [0.29, 0.717) is 22.2 Å². The Kier molecular flexibility index (Phi) is 5.08. The lowest BCUT2D eigenvalue weighted by atomic mass is 10.2. The average molecular weight is 311 g/mol. The Balaban J connectivity index is 1.91. The molecule has 3 N–H and O–H groups in total. The van der Waals surface area contributed by atoms with Crippen LogP contribution >= 0.6 is 11.6 Å². The Hall–Kier alpha value is -2.18. The summed E-state index contributed by atoms with van der Waals surface area (Å²) in [5, 5.41) is 15.4. The minimum atomic E-state index is -0.910. The fourth-order valence-corrected chi connectivity index (χ4v) is 1.89. The van der Waals surface area contributed by atoms with Crippen molar-refractivity contribution in [2.24, 2.45) is 0 Å². The summed E-state index contributed by atoms with van der Waals surface area (Å²) >= 11 is 5.87. The number of aliphatic hydroxyl groups is 1. The maximum absolute atomic E-state index is 11.8. The molecule has 6 nitrogen and oxygen atoms in total. The molecule has 0 spiro atoms. The number of rotatable bonds is 5. The van der Waals surface area contributed by atoms with Crippen LogP contribution in [0.2, 0.25) is 5.02 Å². The van der Waals surface area contributed by atoms with Gasteiger partial charge in [-0.3, -0.25) is 0 Å². The van der Waals surface area contributed by atoms with Crippen molar-refractivity contribution in [1.82, 2.24) is 5.32 Å². The molecule has 1 unspecified atom stereocenters. The van der Waals surface area contributed by atoms with Crippen LogP contribution in [0.3, 0.4) is 0 Å². The molecule has 0 aliphatic rings. The number of carbonyl (C=O) groups is 1. The number of urea groups is 1. The van der Waals surface area contributed by atoms with Gasteiger partial charge >= 0.3 is 6.03 Å². The summed E-state index contributed by atoms with van der Waals surface area (Å²) in [6.07, 6.45) is 0.544. The van der Waals surface area contributed by atoms with Crippen molar-refractivity contribution in [3.8, 4) is 5.75 Å². The molecule has 112 valence electrons. The normalized spacial score (nSPS) is 11.8. The van der Waals surface area contributed by atoms with E-state index in [1.54, 1.807) is 30.3 Å². The number of nitrogens with one attached hydrogen (secondary N) is 2. The number of furan rings is 1. The molecule has 0 aliphatic heterocycles. The first-order chi connectivity index (χ1) is 10.1. The van der Waals surface area contributed by atoms with Gasteiger partial charge in [0.25, 0.3) is 0 Å². The second-order valence-electron chi connectivity index (χ2n) is 4.21. The van der Waals surface area contributed by atoms with E-state index < -0.39 is 12.1 Å². The lowest BCUT2D eigenvalue weighted by Gasteiger charge is -2.13. The monoisotopic (exact) mass is 310 g/mol. The lowest BCUT2D eigenvalue weighted by molar-refractivity contribution is 0.149. The van der Waals surface area contributed by atoms with Crippen molar-refractivity contribution in [2.75, 3.05) is 19.0 Å². The van der Waals surface area contributed by atoms with Gasteiger partial charge in [-0.05, 0) is 30.3 Å². The predicted octanol–water partition coefficient (Wildman–Crippen LogP) is 2.80. The van der Waals surface area contributed by atoms with Crippen LogP contribution in [-0.4, -0.2) is 24.8 Å². The zero-order valence-corrected chi connectivity index (χ0v) is 12.1. The molecule has 1 aromatic heterocycles. The van der Waals surface area contributed by atoms with Crippen molar-refractivity contribution in [1.29, 1.82) is 0 Å². The Morgan fingerprint density at radius 1 is 1.48 bits per heavy atom. The number of halogens is 1. The summed E-state index contributed by atoms with van der Waals surface area (Å²) in [5.41, 5.74) is 0.440. The maximum Gasteiger partial charge on any atom is 0.319 e. The van der Waals surface area contributed by atoms with Crippen LogP contribution < -0.4 is 15.4 Å². The van der Waals surface area contributed by atoms with Gasteiger partial charge in [-0.15, -0.1) is 0 Å². The van der Waals surface area contributed by atoms with Gasteiger partial charge in [0.2, 0.25) is 0 Å². The molecule has 1 atom stereocenters. The number of hydrogen-bond donors (Lipinski definition) is 3. The van der Waals surface area contributed by atoms with Gasteiger partial charge in [-0.2, -0.15) is 0 Å². The van der Waals surface area contributed by atoms with E-state index in [9.17, 15) is 9.90 Å². The molecule has 1 heterocycles. The number of methoxy groups -OCH3 is 1. The quantitative estimate of drug-likeness (QED) is 0.793. The third-order valence-electron chi connectivity index (χ3n) is 2.74. The fraction of sp³-hybridized carbons (Fsp3) is 0.214. The Morgan fingerprint density at radius 2 is 2.29 bits per heavy atom. The largest absolute Gasteiger partial charge is 0.495 e. The molecule has 2 aromatic rings. The molecule has 0 aliphatic carbocycles. The number of anilines is 1. The average Bonchev–Trinajstić information content (AvgIpc) is 2.99. The first kappa shape index (κ1) is 15.2. The molecule has 7 heteroatoms. The number of hydrogen-bond acceptors (Lipinski definition) is 4. The zero-order valence-electron chi connectivity index (χ0n) is 11.3. The van der Waals surface area contributed by atoms with Gasteiger partial charge in [0.1, 0.15) is 17.6 Å². The van der Waals surface area contributed by atoms with Gasteiger partial charge < -0.3 is 24.9 Å². The van der Waals surface area contributed by atoms with Crippen LogP contribution in [0.15, 0.2) is 41.0 Å². The minimum Gasteiger partial charge on any atom is -0.495 e. The van der Waals surface area contributed by atoms with Crippen molar-refractivity contribution < 1.29 is 19.1 Å². The summed E-state index contributed by atoms with van der Waals surface area (Å²) in [7, 11) is 1.49. The smallest absolute Gasteiger partial charge is 0.319 e. The van der Waals surface area contributed by atoms with Gasteiger partial charge in [0.05, 0.1) is 25.6 Å². The van der Waals surface area contributed by atoms with Gasteiger partial charge in [0.15, 0.2) is 0 Å². The first-order valence-electron chi connectivity index (χ1n) is 6.20. The van der Waals surface area contributed by atoms with E-state index >= 15 is 0 Å². The molecule has 1 aromatic carbocycles. The summed E-state index contributed by atoms with van der Waals surface area (Å²) in [5.74, 6) is 0.872.